The van der Waals surface area contributed by atoms with Crippen molar-refractivity contribution in [2.75, 3.05) is 25.1 Å². The maximum Gasteiger partial charge on any atom is 0.341 e. The molecule has 0 bridgehead atoms. The number of nitrogens with zero attached hydrogens (tertiary/aromatic N) is 2. The number of carbonyl (C=O) groups is 1. The molecule has 2 aliphatic rings. The van der Waals surface area contributed by atoms with E-state index in [9.17, 15) is 9.18 Å². The van der Waals surface area contributed by atoms with Crippen LogP contribution in [0.1, 0.15) is 48.5 Å². The summed E-state index contributed by atoms with van der Waals surface area (Å²) in [6, 6.07) is 6.56. The van der Waals surface area contributed by atoms with Gasteiger partial charge in [-0.05, 0) is 37.5 Å². The van der Waals surface area contributed by atoms with Crippen molar-refractivity contribution in [2.24, 2.45) is 0 Å². The average Bonchev–Trinajstić information content (AvgIpc) is 3.19. The van der Waals surface area contributed by atoms with Crippen LogP contribution in [0, 0.1) is 5.82 Å². The molecule has 0 amide bonds. The molecule has 1 aromatic heterocycles. The second-order valence-corrected chi connectivity index (χ2v) is 7.34. The molecule has 4 rings (SSSR count). The third kappa shape index (κ3) is 4.09. The summed E-state index contributed by atoms with van der Waals surface area (Å²) in [6.45, 7) is 3.22. The highest BCUT2D eigenvalue weighted by Gasteiger charge is 2.47. The highest BCUT2D eigenvalue weighted by Crippen LogP contribution is 2.46. The molecule has 1 aromatic carbocycles. The first-order chi connectivity index (χ1) is 14.0. The first kappa shape index (κ1) is 19.7. The van der Waals surface area contributed by atoms with E-state index >= 15 is 0 Å². The van der Waals surface area contributed by atoms with Crippen LogP contribution in [0.2, 0.25) is 0 Å². The van der Waals surface area contributed by atoms with E-state index in [1.165, 1.54) is 24.5 Å². The molecular weight excluding hydrogens is 377 g/mol. The molecule has 0 atom stereocenters. The number of ether oxygens (including phenoxy) is 3. The summed E-state index contributed by atoms with van der Waals surface area (Å²) in [7, 11) is 0. The zero-order valence-electron chi connectivity index (χ0n) is 16.3. The van der Waals surface area contributed by atoms with Gasteiger partial charge in [0.1, 0.15) is 5.82 Å². The summed E-state index contributed by atoms with van der Waals surface area (Å²) in [6.07, 6.45) is 5.55. The van der Waals surface area contributed by atoms with Crippen LogP contribution in [-0.2, 0) is 19.7 Å². The monoisotopic (exact) mass is 401 g/mol. The molecule has 1 aliphatic carbocycles. The van der Waals surface area contributed by atoms with Gasteiger partial charge >= 0.3 is 5.97 Å². The molecule has 1 saturated carbocycles. The number of carbonyl (C=O) groups excluding carboxylic acids is 1. The number of esters is 1. The fourth-order valence-corrected chi connectivity index (χ4v) is 4.04. The molecular formula is C21H24FN3O4. The molecule has 1 N–H and O–H groups in total. The third-order valence-electron chi connectivity index (χ3n) is 5.57. The van der Waals surface area contributed by atoms with E-state index in [0.717, 1.165) is 5.56 Å². The fraction of sp³-hybridized carbons (Fsp3) is 0.476. The summed E-state index contributed by atoms with van der Waals surface area (Å²) in [4.78, 5) is 20.4. The van der Waals surface area contributed by atoms with E-state index < -0.39 is 17.3 Å². The number of halogens is 1. The Morgan fingerprint density at radius 1 is 1.17 bits per heavy atom. The van der Waals surface area contributed by atoms with E-state index in [1.807, 2.05) is 6.07 Å². The molecule has 1 spiro atoms. The summed E-state index contributed by atoms with van der Waals surface area (Å²) >= 11 is 0. The molecule has 154 valence electrons. The maximum absolute atomic E-state index is 14.0. The van der Waals surface area contributed by atoms with E-state index in [2.05, 4.69) is 15.3 Å². The topological polar surface area (TPSA) is 82.6 Å². The van der Waals surface area contributed by atoms with Gasteiger partial charge in [-0.2, -0.15) is 0 Å². The van der Waals surface area contributed by atoms with Crippen molar-refractivity contribution in [1.29, 1.82) is 0 Å². The third-order valence-corrected chi connectivity index (χ3v) is 5.57. The van der Waals surface area contributed by atoms with Gasteiger partial charge in [-0.25, -0.2) is 19.2 Å². The van der Waals surface area contributed by atoms with E-state index in [0.29, 0.717) is 44.8 Å². The smallest absolute Gasteiger partial charge is 0.341 e. The zero-order valence-corrected chi connectivity index (χ0v) is 16.3. The number of anilines is 1. The minimum absolute atomic E-state index is 0.285. The van der Waals surface area contributed by atoms with Crippen molar-refractivity contribution < 1.29 is 23.4 Å². The molecule has 0 radical (unpaired) electrons. The van der Waals surface area contributed by atoms with Crippen molar-refractivity contribution in [3.8, 4) is 0 Å². The minimum atomic E-state index is -0.561. The van der Waals surface area contributed by atoms with Gasteiger partial charge in [-0.3, -0.25) is 0 Å². The summed E-state index contributed by atoms with van der Waals surface area (Å²) < 4.78 is 30.6. The van der Waals surface area contributed by atoms with Crippen molar-refractivity contribution in [2.45, 2.75) is 43.9 Å². The predicted octanol–water partition coefficient (Wildman–Crippen LogP) is 3.42. The Morgan fingerprint density at radius 3 is 2.48 bits per heavy atom. The van der Waals surface area contributed by atoms with Crippen molar-refractivity contribution in [3.63, 3.8) is 0 Å². The largest absolute Gasteiger partial charge is 0.462 e. The Hall–Kier alpha value is -2.58. The Labute approximate surface area is 168 Å². The van der Waals surface area contributed by atoms with Crippen LogP contribution in [0.4, 0.5) is 10.3 Å². The second kappa shape index (κ2) is 8.04. The van der Waals surface area contributed by atoms with Gasteiger partial charge in [0.05, 0.1) is 30.9 Å². The number of hydrogen-bond donors (Lipinski definition) is 1. The molecule has 7 nitrogen and oxygen atoms in total. The lowest BCUT2D eigenvalue weighted by Crippen LogP contribution is -2.46. The molecule has 2 fully saturated rings. The van der Waals surface area contributed by atoms with E-state index in [4.69, 9.17) is 14.2 Å². The van der Waals surface area contributed by atoms with Gasteiger partial charge in [0.15, 0.2) is 5.79 Å². The Kier molecular flexibility index (Phi) is 5.47. The quantitative estimate of drug-likeness (QED) is 0.769. The normalized spacial score (nSPS) is 19.8. The van der Waals surface area contributed by atoms with Crippen LogP contribution in [0.3, 0.4) is 0 Å². The lowest BCUT2D eigenvalue weighted by atomic mass is 9.74. The summed E-state index contributed by atoms with van der Waals surface area (Å²) in [5, 5.41) is 3.39. The summed E-state index contributed by atoms with van der Waals surface area (Å²) in [5.74, 6) is -0.941. The number of rotatable bonds is 5. The molecule has 1 saturated heterocycles. The van der Waals surface area contributed by atoms with E-state index in [1.54, 1.807) is 13.0 Å². The average molecular weight is 401 g/mol. The molecule has 2 aromatic rings. The Bertz CT molecular complexity index is 858. The van der Waals surface area contributed by atoms with Crippen LogP contribution in [0.15, 0.2) is 36.7 Å². The van der Waals surface area contributed by atoms with Gasteiger partial charge in [0.25, 0.3) is 0 Å². The predicted molar refractivity (Wildman–Crippen MR) is 103 cm³/mol. The lowest BCUT2D eigenvalue weighted by molar-refractivity contribution is -0.183. The fourth-order valence-electron chi connectivity index (χ4n) is 4.04. The molecule has 8 heteroatoms. The highest BCUT2D eigenvalue weighted by molar-refractivity contribution is 5.88. The lowest BCUT2D eigenvalue weighted by Gasteiger charge is -2.44. The number of benzene rings is 1. The van der Waals surface area contributed by atoms with Crippen molar-refractivity contribution >= 4 is 11.9 Å². The SMILES string of the molecule is CCOC(=O)c1cnc(NC2(c3cccc(F)c3)CCC3(CC2)OCCO3)nc1. The number of hydrogen-bond acceptors (Lipinski definition) is 7. The van der Waals surface area contributed by atoms with Crippen LogP contribution in [0.5, 0.6) is 0 Å². The van der Waals surface area contributed by atoms with Crippen LogP contribution in [-0.4, -0.2) is 41.5 Å². The Balaban J connectivity index is 1.59. The Morgan fingerprint density at radius 2 is 1.86 bits per heavy atom. The number of aromatic nitrogens is 2. The van der Waals surface area contributed by atoms with Crippen LogP contribution < -0.4 is 5.32 Å². The number of nitrogens with one attached hydrogen (secondary N) is 1. The zero-order chi connectivity index (χ0) is 20.3. The van der Waals surface area contributed by atoms with Gasteiger partial charge in [0, 0.05) is 25.2 Å². The second-order valence-electron chi connectivity index (χ2n) is 7.34. The minimum Gasteiger partial charge on any atom is -0.462 e. The molecule has 0 unspecified atom stereocenters. The van der Waals surface area contributed by atoms with Gasteiger partial charge in [-0.15, -0.1) is 0 Å². The van der Waals surface area contributed by atoms with Gasteiger partial charge in [-0.1, -0.05) is 12.1 Å². The van der Waals surface area contributed by atoms with Crippen LogP contribution >= 0.6 is 0 Å². The summed E-state index contributed by atoms with van der Waals surface area (Å²) in [5.41, 5.74) is 0.546. The molecule has 2 heterocycles. The van der Waals surface area contributed by atoms with Crippen molar-refractivity contribution in [1.82, 2.24) is 9.97 Å². The van der Waals surface area contributed by atoms with Crippen molar-refractivity contribution in [3.05, 3.63) is 53.6 Å². The van der Waals surface area contributed by atoms with Gasteiger partial charge in [0.2, 0.25) is 5.95 Å². The highest BCUT2D eigenvalue weighted by atomic mass is 19.1. The van der Waals surface area contributed by atoms with E-state index in [-0.39, 0.29) is 18.0 Å². The van der Waals surface area contributed by atoms with Gasteiger partial charge < -0.3 is 19.5 Å². The molecule has 1 aliphatic heterocycles. The standard InChI is InChI=1S/C21H24FN3O4/c1-2-27-18(26)15-13-23-19(24-14-15)25-20(16-4-3-5-17(22)12-16)6-8-21(9-7-20)28-10-11-29-21/h3-5,12-14H,2,6-11H2,1H3,(H,23,24,25). The first-order valence-corrected chi connectivity index (χ1v) is 9.86. The first-order valence-electron chi connectivity index (χ1n) is 9.86. The molecule has 29 heavy (non-hydrogen) atoms. The maximum atomic E-state index is 14.0. The van der Waals surface area contributed by atoms with Crippen LogP contribution in [0.25, 0.3) is 0 Å².